The standard InChI is InChI=1S/C27H30O2P.BrH/c1-3-29-27(28)23(2)15-13-14-22-30(24-16-7-4-8-17-24,25-18-9-5-10-19-25)26-20-11-6-12-21-26;/h4-12,15-21H,3,13-14,22H2,1-2H3;1H/q+1;/p-1/b23-15+;. The monoisotopic (exact) mass is 496 g/mol. The Morgan fingerprint density at radius 1 is 0.806 bits per heavy atom. The molecule has 0 aliphatic rings. The zero-order chi connectivity index (χ0) is 21.2. The van der Waals surface area contributed by atoms with Gasteiger partial charge in [0.2, 0.25) is 0 Å². The first-order chi connectivity index (χ1) is 14.7. The maximum absolute atomic E-state index is 11.9. The molecular formula is C27H30BrO2P. The number of rotatable bonds is 9. The number of benzene rings is 3. The van der Waals surface area contributed by atoms with E-state index in [0.717, 1.165) is 19.0 Å². The van der Waals surface area contributed by atoms with E-state index in [9.17, 15) is 4.79 Å². The van der Waals surface area contributed by atoms with Crippen molar-refractivity contribution in [1.82, 2.24) is 0 Å². The Morgan fingerprint density at radius 3 is 1.61 bits per heavy atom. The van der Waals surface area contributed by atoms with Gasteiger partial charge in [-0.05, 0) is 63.1 Å². The molecule has 2 nitrogen and oxygen atoms in total. The number of allylic oxidation sites excluding steroid dienone is 1. The van der Waals surface area contributed by atoms with Gasteiger partial charge in [-0.2, -0.15) is 0 Å². The van der Waals surface area contributed by atoms with Crippen LogP contribution in [0.4, 0.5) is 0 Å². The Hall–Kier alpha value is -2.22. The largest absolute Gasteiger partial charge is 1.00 e. The van der Waals surface area contributed by atoms with Crippen LogP contribution in [-0.2, 0) is 9.53 Å². The van der Waals surface area contributed by atoms with Gasteiger partial charge < -0.3 is 21.7 Å². The molecule has 3 aromatic rings. The summed E-state index contributed by atoms with van der Waals surface area (Å²) in [5.41, 5.74) is 0.694. The molecule has 0 spiro atoms. The second kappa shape index (κ2) is 12.6. The summed E-state index contributed by atoms with van der Waals surface area (Å²) in [7, 11) is -1.80. The van der Waals surface area contributed by atoms with E-state index < -0.39 is 7.26 Å². The van der Waals surface area contributed by atoms with Gasteiger partial charge in [-0.25, -0.2) is 4.79 Å². The van der Waals surface area contributed by atoms with Gasteiger partial charge in [-0.3, -0.25) is 0 Å². The SMILES string of the molecule is CCOC(=O)/C(C)=C/CCC[P+](c1ccccc1)(c1ccccc1)c1ccccc1.[Br-]. The van der Waals surface area contributed by atoms with Crippen molar-refractivity contribution in [2.24, 2.45) is 0 Å². The van der Waals surface area contributed by atoms with Crippen molar-refractivity contribution in [3.8, 4) is 0 Å². The normalized spacial score (nSPS) is 11.5. The number of carbonyl (C=O) groups is 1. The maximum Gasteiger partial charge on any atom is 0.333 e. The fourth-order valence-corrected chi connectivity index (χ4v) is 8.23. The van der Waals surface area contributed by atoms with Crippen molar-refractivity contribution in [2.75, 3.05) is 12.8 Å². The lowest BCUT2D eigenvalue weighted by molar-refractivity contribution is -0.138. The number of unbranched alkanes of at least 4 members (excludes halogenated alkanes) is 1. The van der Waals surface area contributed by atoms with E-state index in [2.05, 4.69) is 91.0 Å². The number of carbonyl (C=O) groups excluding carboxylic acids is 1. The van der Waals surface area contributed by atoms with E-state index in [1.807, 2.05) is 19.9 Å². The lowest BCUT2D eigenvalue weighted by Gasteiger charge is -2.27. The molecule has 0 atom stereocenters. The fourth-order valence-electron chi connectivity index (χ4n) is 3.86. The predicted molar refractivity (Wildman–Crippen MR) is 130 cm³/mol. The summed E-state index contributed by atoms with van der Waals surface area (Å²) in [4.78, 5) is 11.9. The molecule has 162 valence electrons. The maximum atomic E-state index is 11.9. The van der Waals surface area contributed by atoms with Crippen molar-refractivity contribution in [2.45, 2.75) is 26.7 Å². The van der Waals surface area contributed by atoms with Gasteiger partial charge in [0.1, 0.15) is 23.2 Å². The highest BCUT2D eigenvalue weighted by atomic mass is 79.9. The Kier molecular flexibility index (Phi) is 10.2. The molecule has 4 heteroatoms. The average Bonchev–Trinajstić information content (AvgIpc) is 2.81. The Balaban J connectivity index is 0.00000341. The van der Waals surface area contributed by atoms with Crippen LogP contribution in [0.1, 0.15) is 26.7 Å². The number of hydrogen-bond donors (Lipinski definition) is 0. The number of halogens is 1. The zero-order valence-corrected chi connectivity index (χ0v) is 20.7. The smallest absolute Gasteiger partial charge is 0.333 e. The van der Waals surface area contributed by atoms with Crippen LogP contribution in [0.15, 0.2) is 103 Å². The first-order valence-corrected chi connectivity index (χ1v) is 12.5. The Morgan fingerprint density at radius 2 is 1.23 bits per heavy atom. The molecule has 0 fully saturated rings. The summed E-state index contributed by atoms with van der Waals surface area (Å²) >= 11 is 0. The molecule has 0 unspecified atom stereocenters. The van der Waals surface area contributed by atoms with Crippen molar-refractivity contribution in [3.05, 3.63) is 103 Å². The van der Waals surface area contributed by atoms with Crippen molar-refractivity contribution >= 4 is 29.1 Å². The fraction of sp³-hybridized carbons (Fsp3) is 0.222. The molecule has 0 bridgehead atoms. The van der Waals surface area contributed by atoms with Gasteiger partial charge in [-0.1, -0.05) is 60.7 Å². The zero-order valence-electron chi connectivity index (χ0n) is 18.2. The molecule has 0 aliphatic carbocycles. The van der Waals surface area contributed by atoms with Gasteiger partial charge in [0.15, 0.2) is 0 Å². The highest BCUT2D eigenvalue weighted by Gasteiger charge is 2.44. The third-order valence-corrected chi connectivity index (χ3v) is 9.86. The van der Waals surface area contributed by atoms with Crippen LogP contribution in [0, 0.1) is 0 Å². The molecule has 3 aromatic carbocycles. The van der Waals surface area contributed by atoms with Crippen LogP contribution in [0.25, 0.3) is 0 Å². The van der Waals surface area contributed by atoms with Crippen LogP contribution < -0.4 is 32.9 Å². The van der Waals surface area contributed by atoms with Gasteiger partial charge in [0.05, 0.1) is 12.8 Å². The lowest BCUT2D eigenvalue weighted by atomic mass is 10.2. The van der Waals surface area contributed by atoms with E-state index in [0.29, 0.717) is 12.2 Å². The molecule has 0 amide bonds. The van der Waals surface area contributed by atoms with E-state index in [1.165, 1.54) is 15.9 Å². The van der Waals surface area contributed by atoms with Crippen LogP contribution in [0.2, 0.25) is 0 Å². The molecule has 0 aliphatic heterocycles. The molecule has 0 N–H and O–H groups in total. The molecule has 0 aromatic heterocycles. The predicted octanol–water partition coefficient (Wildman–Crippen LogP) is 2.27. The highest BCUT2D eigenvalue weighted by molar-refractivity contribution is 7.95. The Bertz CT molecular complexity index is 860. The Labute approximate surface area is 197 Å². The second-order valence-corrected chi connectivity index (χ2v) is 10.9. The van der Waals surface area contributed by atoms with Crippen LogP contribution in [-0.4, -0.2) is 18.7 Å². The minimum Gasteiger partial charge on any atom is -1.00 e. The van der Waals surface area contributed by atoms with Crippen LogP contribution >= 0.6 is 7.26 Å². The molecule has 31 heavy (non-hydrogen) atoms. The van der Waals surface area contributed by atoms with Crippen LogP contribution in [0.5, 0.6) is 0 Å². The minimum absolute atomic E-state index is 0. The first kappa shape index (κ1) is 25.0. The van der Waals surface area contributed by atoms with Crippen molar-refractivity contribution in [3.63, 3.8) is 0 Å². The molecule has 0 radical (unpaired) electrons. The molecule has 0 saturated carbocycles. The topological polar surface area (TPSA) is 26.3 Å². The summed E-state index contributed by atoms with van der Waals surface area (Å²) in [5, 5.41) is 4.19. The van der Waals surface area contributed by atoms with E-state index in [-0.39, 0.29) is 23.0 Å². The van der Waals surface area contributed by atoms with E-state index in [1.54, 1.807) is 0 Å². The third-order valence-electron chi connectivity index (χ3n) is 5.34. The third kappa shape index (κ3) is 6.15. The van der Waals surface area contributed by atoms with Gasteiger partial charge in [0, 0.05) is 5.57 Å². The van der Waals surface area contributed by atoms with Crippen LogP contribution in [0.3, 0.4) is 0 Å². The summed E-state index contributed by atoms with van der Waals surface area (Å²) in [5.74, 6) is -0.215. The molecule has 0 saturated heterocycles. The first-order valence-electron chi connectivity index (χ1n) is 10.6. The summed E-state index contributed by atoms with van der Waals surface area (Å²) in [6.45, 7) is 4.09. The number of ether oxygens (including phenoxy) is 1. The van der Waals surface area contributed by atoms with Crippen molar-refractivity contribution in [1.29, 1.82) is 0 Å². The quantitative estimate of drug-likeness (QED) is 0.196. The lowest BCUT2D eigenvalue weighted by Crippen LogP contribution is -3.00. The molecule has 0 heterocycles. The van der Waals surface area contributed by atoms with Gasteiger partial charge >= 0.3 is 5.97 Å². The molecular weight excluding hydrogens is 467 g/mol. The summed E-state index contributed by atoms with van der Waals surface area (Å²) in [6, 6.07) is 32.7. The molecule has 3 rings (SSSR count). The minimum atomic E-state index is -1.80. The summed E-state index contributed by atoms with van der Waals surface area (Å²) < 4.78 is 5.11. The number of hydrogen-bond acceptors (Lipinski definition) is 2. The second-order valence-electron chi connectivity index (χ2n) is 7.29. The summed E-state index contributed by atoms with van der Waals surface area (Å²) in [6.07, 6.45) is 4.94. The average molecular weight is 497 g/mol. The number of esters is 1. The van der Waals surface area contributed by atoms with E-state index >= 15 is 0 Å². The van der Waals surface area contributed by atoms with E-state index in [4.69, 9.17) is 4.74 Å². The van der Waals surface area contributed by atoms with Gasteiger partial charge in [-0.15, -0.1) is 0 Å². The van der Waals surface area contributed by atoms with Gasteiger partial charge in [0.25, 0.3) is 0 Å². The highest BCUT2D eigenvalue weighted by Crippen LogP contribution is 2.55. The van der Waals surface area contributed by atoms with Crippen molar-refractivity contribution < 1.29 is 26.5 Å².